The second-order valence-corrected chi connectivity index (χ2v) is 7.44. The predicted molar refractivity (Wildman–Crippen MR) is 117 cm³/mol. The molecule has 0 radical (unpaired) electrons. The largest absolute Gasteiger partial charge is 0.352 e. The van der Waals surface area contributed by atoms with E-state index in [4.69, 9.17) is 0 Å². The molecule has 0 aliphatic rings. The number of amides is 2. The van der Waals surface area contributed by atoms with E-state index in [-0.39, 0.29) is 24.3 Å². The molecule has 3 rings (SSSR count). The van der Waals surface area contributed by atoms with E-state index in [1.807, 2.05) is 67.1 Å². The molecular weight excluding hydrogens is 376 g/mol. The third-order valence-electron chi connectivity index (χ3n) is 5.14. The van der Waals surface area contributed by atoms with Crippen molar-refractivity contribution in [2.75, 3.05) is 0 Å². The number of hydrogen-bond donors (Lipinski definition) is 2. The van der Waals surface area contributed by atoms with E-state index >= 15 is 0 Å². The van der Waals surface area contributed by atoms with Crippen LogP contribution in [0.3, 0.4) is 0 Å². The number of nitrogens with zero attached hydrogens (tertiary/aromatic N) is 2. The molecule has 1 atom stereocenters. The highest BCUT2D eigenvalue weighted by atomic mass is 16.2. The molecule has 0 saturated carbocycles. The van der Waals surface area contributed by atoms with Crippen molar-refractivity contribution in [2.45, 2.75) is 46.3 Å². The van der Waals surface area contributed by atoms with Gasteiger partial charge in [0, 0.05) is 24.7 Å². The highest BCUT2D eigenvalue weighted by molar-refractivity contribution is 5.79. The molecule has 2 N–H and O–H groups in total. The zero-order valence-electron chi connectivity index (χ0n) is 17.7. The SMILES string of the molecule is CC(=O)N[C@@H](CC(=O)NCc1c(C)nn(Cc2ccccc2)c1C)c1ccccc1. The molecule has 6 nitrogen and oxygen atoms in total. The highest BCUT2D eigenvalue weighted by Gasteiger charge is 2.18. The summed E-state index contributed by atoms with van der Waals surface area (Å²) in [6.07, 6.45) is 0.180. The molecule has 0 aliphatic heterocycles. The minimum absolute atomic E-state index is 0.118. The minimum atomic E-state index is -0.355. The highest BCUT2D eigenvalue weighted by Crippen LogP contribution is 2.18. The fourth-order valence-corrected chi connectivity index (χ4v) is 3.53. The van der Waals surface area contributed by atoms with Crippen molar-refractivity contribution in [3.63, 3.8) is 0 Å². The average Bonchev–Trinajstić information content (AvgIpc) is 2.99. The molecule has 2 amide bonds. The van der Waals surface area contributed by atoms with Gasteiger partial charge >= 0.3 is 0 Å². The molecule has 3 aromatic rings. The molecule has 6 heteroatoms. The molecule has 0 fully saturated rings. The normalized spacial score (nSPS) is 11.7. The van der Waals surface area contributed by atoms with Gasteiger partial charge in [-0.1, -0.05) is 60.7 Å². The Bertz CT molecular complexity index is 997. The number of aromatic nitrogens is 2. The summed E-state index contributed by atoms with van der Waals surface area (Å²) in [6.45, 7) is 6.54. The van der Waals surface area contributed by atoms with Crippen molar-refractivity contribution < 1.29 is 9.59 Å². The quantitative estimate of drug-likeness (QED) is 0.604. The van der Waals surface area contributed by atoms with Gasteiger partial charge in [-0.05, 0) is 25.0 Å². The number of carbonyl (C=O) groups excluding carboxylic acids is 2. The van der Waals surface area contributed by atoms with Gasteiger partial charge in [0.2, 0.25) is 11.8 Å². The summed E-state index contributed by atoms with van der Waals surface area (Å²) in [6, 6.07) is 19.3. The Balaban J connectivity index is 1.64. The summed E-state index contributed by atoms with van der Waals surface area (Å²) in [7, 11) is 0. The van der Waals surface area contributed by atoms with Crippen LogP contribution in [0.5, 0.6) is 0 Å². The second kappa shape index (κ2) is 9.87. The first kappa shape index (κ1) is 21.3. The third kappa shape index (κ3) is 5.56. The van der Waals surface area contributed by atoms with Crippen LogP contribution < -0.4 is 10.6 Å². The summed E-state index contributed by atoms with van der Waals surface area (Å²) >= 11 is 0. The monoisotopic (exact) mass is 404 g/mol. The fourth-order valence-electron chi connectivity index (χ4n) is 3.53. The third-order valence-corrected chi connectivity index (χ3v) is 5.14. The molecule has 30 heavy (non-hydrogen) atoms. The topological polar surface area (TPSA) is 76.0 Å². The Kier molecular flexibility index (Phi) is 7.01. The van der Waals surface area contributed by atoms with Gasteiger partial charge in [-0.15, -0.1) is 0 Å². The van der Waals surface area contributed by atoms with Gasteiger partial charge < -0.3 is 10.6 Å². The fraction of sp³-hybridized carbons (Fsp3) is 0.292. The molecule has 0 bridgehead atoms. The van der Waals surface area contributed by atoms with Crippen molar-refractivity contribution in [2.24, 2.45) is 0 Å². The molecule has 0 unspecified atom stereocenters. The smallest absolute Gasteiger partial charge is 0.222 e. The number of benzene rings is 2. The standard InChI is InChI=1S/C24H28N4O2/c1-17-22(18(2)28(27-17)16-20-10-6-4-7-11-20)15-25-24(30)14-23(26-19(3)29)21-12-8-5-9-13-21/h4-13,23H,14-16H2,1-3H3,(H,25,30)(H,26,29)/t23-/m0/s1. The first-order valence-corrected chi connectivity index (χ1v) is 10.1. The van der Waals surface area contributed by atoms with E-state index in [0.29, 0.717) is 13.1 Å². The molecule has 0 spiro atoms. The lowest BCUT2D eigenvalue weighted by molar-refractivity contribution is -0.122. The Morgan fingerprint density at radius 3 is 2.27 bits per heavy atom. The molecule has 0 aliphatic carbocycles. The first-order valence-electron chi connectivity index (χ1n) is 10.1. The van der Waals surface area contributed by atoms with E-state index in [9.17, 15) is 9.59 Å². The van der Waals surface area contributed by atoms with E-state index in [0.717, 1.165) is 22.5 Å². The Labute approximate surface area is 177 Å². The number of rotatable bonds is 8. The Morgan fingerprint density at radius 1 is 1.00 bits per heavy atom. The van der Waals surface area contributed by atoms with Gasteiger partial charge in [0.15, 0.2) is 0 Å². The zero-order valence-corrected chi connectivity index (χ0v) is 17.7. The minimum Gasteiger partial charge on any atom is -0.352 e. The van der Waals surface area contributed by atoms with Crippen LogP contribution >= 0.6 is 0 Å². The summed E-state index contributed by atoms with van der Waals surface area (Å²) in [4.78, 5) is 24.2. The molecular formula is C24H28N4O2. The van der Waals surface area contributed by atoms with Crippen LogP contribution in [-0.2, 0) is 22.7 Å². The molecule has 1 heterocycles. The summed E-state index contributed by atoms with van der Waals surface area (Å²) in [5.41, 5.74) is 5.06. The van der Waals surface area contributed by atoms with Gasteiger partial charge in [-0.25, -0.2) is 0 Å². The summed E-state index contributed by atoms with van der Waals surface area (Å²) in [5.74, 6) is -0.280. The maximum atomic E-state index is 12.6. The van der Waals surface area contributed by atoms with E-state index in [1.165, 1.54) is 12.5 Å². The van der Waals surface area contributed by atoms with Crippen LogP contribution in [-0.4, -0.2) is 21.6 Å². The van der Waals surface area contributed by atoms with E-state index in [1.54, 1.807) is 0 Å². The molecule has 1 aromatic heterocycles. The van der Waals surface area contributed by atoms with Crippen molar-refractivity contribution in [3.8, 4) is 0 Å². The van der Waals surface area contributed by atoms with Gasteiger partial charge in [0.05, 0.1) is 24.7 Å². The van der Waals surface area contributed by atoms with Gasteiger partial charge in [-0.3, -0.25) is 14.3 Å². The van der Waals surface area contributed by atoms with Crippen molar-refractivity contribution >= 4 is 11.8 Å². The summed E-state index contributed by atoms with van der Waals surface area (Å²) < 4.78 is 1.97. The second-order valence-electron chi connectivity index (χ2n) is 7.44. The Hall–Kier alpha value is -3.41. The Morgan fingerprint density at radius 2 is 1.63 bits per heavy atom. The average molecular weight is 405 g/mol. The lowest BCUT2D eigenvalue weighted by Gasteiger charge is -2.18. The predicted octanol–water partition coefficient (Wildman–Crippen LogP) is 3.43. The maximum absolute atomic E-state index is 12.6. The molecule has 156 valence electrons. The van der Waals surface area contributed by atoms with Gasteiger partial charge in [0.1, 0.15) is 0 Å². The van der Waals surface area contributed by atoms with Crippen LogP contribution in [0, 0.1) is 13.8 Å². The molecule has 2 aromatic carbocycles. The van der Waals surface area contributed by atoms with Gasteiger partial charge in [0.25, 0.3) is 0 Å². The number of carbonyl (C=O) groups is 2. The number of aryl methyl sites for hydroxylation is 1. The van der Waals surface area contributed by atoms with Crippen molar-refractivity contribution in [3.05, 3.63) is 88.7 Å². The first-order chi connectivity index (χ1) is 14.4. The van der Waals surface area contributed by atoms with Crippen LogP contribution in [0.25, 0.3) is 0 Å². The lowest BCUT2D eigenvalue weighted by Crippen LogP contribution is -2.32. The van der Waals surface area contributed by atoms with E-state index in [2.05, 4.69) is 27.9 Å². The van der Waals surface area contributed by atoms with Crippen molar-refractivity contribution in [1.82, 2.24) is 20.4 Å². The number of hydrogen-bond acceptors (Lipinski definition) is 3. The number of nitrogens with one attached hydrogen (secondary N) is 2. The molecule has 0 saturated heterocycles. The zero-order chi connectivity index (χ0) is 21.5. The van der Waals surface area contributed by atoms with Crippen molar-refractivity contribution in [1.29, 1.82) is 0 Å². The lowest BCUT2D eigenvalue weighted by atomic mass is 10.0. The van der Waals surface area contributed by atoms with Crippen LogP contribution in [0.2, 0.25) is 0 Å². The summed E-state index contributed by atoms with van der Waals surface area (Å²) in [5, 5.41) is 10.5. The van der Waals surface area contributed by atoms with Gasteiger partial charge in [-0.2, -0.15) is 5.10 Å². The van der Waals surface area contributed by atoms with Crippen LogP contribution in [0.4, 0.5) is 0 Å². The van der Waals surface area contributed by atoms with E-state index < -0.39 is 0 Å². The van der Waals surface area contributed by atoms with Crippen LogP contribution in [0.1, 0.15) is 47.5 Å². The maximum Gasteiger partial charge on any atom is 0.222 e. The van der Waals surface area contributed by atoms with Crippen LogP contribution in [0.15, 0.2) is 60.7 Å².